The number of benzene rings is 1. The molecule has 2 N–H and O–H groups in total. The second-order valence-electron chi connectivity index (χ2n) is 7.00. The Kier molecular flexibility index (Phi) is 6.74. The molecule has 0 saturated carbocycles. The lowest BCUT2D eigenvalue weighted by Crippen LogP contribution is -2.27. The Labute approximate surface area is 157 Å². The molecule has 0 saturated heterocycles. The molecule has 0 aliphatic rings. The van der Waals surface area contributed by atoms with Crippen LogP contribution in [0.5, 0.6) is 5.75 Å². The fourth-order valence-corrected chi connectivity index (χ4v) is 3.11. The summed E-state index contributed by atoms with van der Waals surface area (Å²) in [6.45, 7) is 6.49. The summed E-state index contributed by atoms with van der Waals surface area (Å²) in [5.74, 6) is -0.540. The molecule has 7 heteroatoms. The largest absolute Gasteiger partial charge is 0.482 e. The molecule has 0 spiro atoms. The summed E-state index contributed by atoms with van der Waals surface area (Å²) in [7, 11) is 0. The van der Waals surface area contributed by atoms with Crippen LogP contribution < -0.4 is 10.1 Å². The molecule has 6 nitrogen and oxygen atoms in total. The van der Waals surface area contributed by atoms with Crippen LogP contribution in [0.25, 0.3) is 0 Å². The molecule has 1 aromatic heterocycles. The van der Waals surface area contributed by atoms with Crippen LogP contribution in [0.15, 0.2) is 29.6 Å². The van der Waals surface area contributed by atoms with Gasteiger partial charge in [0.25, 0.3) is 0 Å². The first kappa shape index (κ1) is 19.9. The average Bonchev–Trinajstić information content (AvgIpc) is 3.03. The van der Waals surface area contributed by atoms with Crippen molar-refractivity contribution in [1.82, 2.24) is 10.3 Å². The van der Waals surface area contributed by atoms with E-state index in [0.717, 1.165) is 16.3 Å². The first-order valence-electron chi connectivity index (χ1n) is 8.39. The third kappa shape index (κ3) is 6.48. The van der Waals surface area contributed by atoms with E-state index in [-0.39, 0.29) is 24.3 Å². The number of carbonyl (C=O) groups excluding carboxylic acids is 1. The Morgan fingerprint density at radius 2 is 1.92 bits per heavy atom. The molecule has 0 aliphatic carbocycles. The standard InChI is InChI=1S/C19H24N2O4S/c1-19(2,3)18-21-14(12-26-18)10-16(22)20-9-8-13-4-6-15(7-5-13)25-11-17(23)24/h4-7,12H,8-11H2,1-3H3,(H,20,22)(H,23,24). The lowest BCUT2D eigenvalue weighted by atomic mass is 9.98. The number of nitrogens with zero attached hydrogens (tertiary/aromatic N) is 1. The van der Waals surface area contributed by atoms with Gasteiger partial charge in [0.15, 0.2) is 6.61 Å². The highest BCUT2D eigenvalue weighted by atomic mass is 32.1. The van der Waals surface area contributed by atoms with Gasteiger partial charge in [-0.3, -0.25) is 4.79 Å². The molecule has 0 bridgehead atoms. The predicted octanol–water partition coefficient (Wildman–Crippen LogP) is 2.81. The van der Waals surface area contributed by atoms with Crippen molar-refractivity contribution in [3.8, 4) is 5.75 Å². The van der Waals surface area contributed by atoms with Crippen LogP contribution in [0.3, 0.4) is 0 Å². The van der Waals surface area contributed by atoms with Crippen LogP contribution in [0.4, 0.5) is 0 Å². The van der Waals surface area contributed by atoms with Gasteiger partial charge in [-0.25, -0.2) is 9.78 Å². The second-order valence-corrected chi connectivity index (χ2v) is 7.86. The molecule has 0 aliphatic heterocycles. The molecule has 1 aromatic carbocycles. The summed E-state index contributed by atoms with van der Waals surface area (Å²) < 4.78 is 5.08. The molecule has 1 amide bonds. The molecular formula is C19H24N2O4S. The third-order valence-electron chi connectivity index (χ3n) is 3.56. The van der Waals surface area contributed by atoms with Gasteiger partial charge in [0.1, 0.15) is 5.75 Å². The predicted molar refractivity (Wildman–Crippen MR) is 101 cm³/mol. The minimum absolute atomic E-state index is 0.000262. The lowest BCUT2D eigenvalue weighted by molar-refractivity contribution is -0.139. The molecule has 0 radical (unpaired) electrons. The maximum atomic E-state index is 12.0. The van der Waals surface area contributed by atoms with Crippen LogP contribution in [0.2, 0.25) is 0 Å². The van der Waals surface area contributed by atoms with Gasteiger partial charge in [-0.2, -0.15) is 0 Å². The van der Waals surface area contributed by atoms with Crippen molar-refractivity contribution in [3.05, 3.63) is 45.9 Å². The maximum absolute atomic E-state index is 12.0. The van der Waals surface area contributed by atoms with Crippen molar-refractivity contribution in [2.45, 2.75) is 39.0 Å². The van der Waals surface area contributed by atoms with Crippen molar-refractivity contribution in [2.24, 2.45) is 0 Å². The van der Waals surface area contributed by atoms with Crippen molar-refractivity contribution in [1.29, 1.82) is 0 Å². The van der Waals surface area contributed by atoms with E-state index in [4.69, 9.17) is 9.84 Å². The van der Waals surface area contributed by atoms with E-state index in [1.165, 1.54) is 0 Å². The normalized spacial score (nSPS) is 11.2. The fourth-order valence-electron chi connectivity index (χ4n) is 2.20. The van der Waals surface area contributed by atoms with E-state index >= 15 is 0 Å². The van der Waals surface area contributed by atoms with Crippen LogP contribution in [-0.2, 0) is 27.8 Å². The van der Waals surface area contributed by atoms with Gasteiger partial charge in [-0.1, -0.05) is 32.9 Å². The van der Waals surface area contributed by atoms with Crippen molar-refractivity contribution in [3.63, 3.8) is 0 Å². The van der Waals surface area contributed by atoms with Gasteiger partial charge >= 0.3 is 5.97 Å². The van der Waals surface area contributed by atoms with Crippen LogP contribution in [-0.4, -0.2) is 35.1 Å². The van der Waals surface area contributed by atoms with E-state index in [1.807, 2.05) is 17.5 Å². The molecule has 0 unspecified atom stereocenters. The molecule has 26 heavy (non-hydrogen) atoms. The SMILES string of the molecule is CC(C)(C)c1nc(CC(=O)NCCc2ccc(OCC(=O)O)cc2)cs1. The number of carbonyl (C=O) groups is 2. The Morgan fingerprint density at radius 1 is 1.23 bits per heavy atom. The van der Waals surface area contributed by atoms with E-state index in [2.05, 4.69) is 31.1 Å². The quantitative estimate of drug-likeness (QED) is 0.740. The highest BCUT2D eigenvalue weighted by Crippen LogP contribution is 2.25. The smallest absolute Gasteiger partial charge is 0.341 e. The zero-order valence-corrected chi connectivity index (χ0v) is 16.1. The van der Waals surface area contributed by atoms with Gasteiger partial charge in [-0.15, -0.1) is 11.3 Å². The Hall–Kier alpha value is -2.41. The summed E-state index contributed by atoms with van der Waals surface area (Å²) in [5, 5.41) is 14.4. The summed E-state index contributed by atoms with van der Waals surface area (Å²) in [6, 6.07) is 7.17. The number of nitrogens with one attached hydrogen (secondary N) is 1. The van der Waals surface area contributed by atoms with Gasteiger partial charge in [0, 0.05) is 17.3 Å². The molecule has 140 valence electrons. The summed E-state index contributed by atoms with van der Waals surface area (Å²) in [4.78, 5) is 27.0. The topological polar surface area (TPSA) is 88.5 Å². The summed E-state index contributed by atoms with van der Waals surface area (Å²) in [6.07, 6.45) is 0.976. The first-order valence-corrected chi connectivity index (χ1v) is 9.27. The number of aliphatic carboxylic acids is 1. The van der Waals surface area contributed by atoms with Gasteiger partial charge < -0.3 is 15.2 Å². The van der Waals surface area contributed by atoms with Crippen molar-refractivity contribution in [2.75, 3.05) is 13.2 Å². The zero-order chi connectivity index (χ0) is 19.2. The molecule has 2 rings (SSSR count). The average molecular weight is 376 g/mol. The van der Waals surface area contributed by atoms with Gasteiger partial charge in [-0.05, 0) is 24.1 Å². The lowest BCUT2D eigenvalue weighted by Gasteiger charge is -2.13. The minimum atomic E-state index is -1.01. The van der Waals surface area contributed by atoms with E-state index in [1.54, 1.807) is 23.5 Å². The van der Waals surface area contributed by atoms with Crippen molar-refractivity contribution < 1.29 is 19.4 Å². The Bertz CT molecular complexity index is 748. The van der Waals surface area contributed by atoms with Crippen LogP contribution in [0, 0.1) is 0 Å². The second kappa shape index (κ2) is 8.80. The summed E-state index contributed by atoms with van der Waals surface area (Å²) in [5.41, 5.74) is 1.84. The maximum Gasteiger partial charge on any atom is 0.341 e. The molecule has 1 heterocycles. The van der Waals surface area contributed by atoms with Crippen LogP contribution >= 0.6 is 11.3 Å². The number of amides is 1. The summed E-state index contributed by atoms with van der Waals surface area (Å²) >= 11 is 1.59. The Morgan fingerprint density at radius 3 is 2.50 bits per heavy atom. The molecule has 2 aromatic rings. The molecule has 0 atom stereocenters. The monoisotopic (exact) mass is 376 g/mol. The van der Waals surface area contributed by atoms with E-state index < -0.39 is 5.97 Å². The molecule has 0 fully saturated rings. The number of hydrogen-bond donors (Lipinski definition) is 2. The van der Waals surface area contributed by atoms with Crippen molar-refractivity contribution >= 4 is 23.2 Å². The number of hydrogen-bond acceptors (Lipinski definition) is 5. The number of carboxylic acid groups (broad SMARTS) is 1. The number of carboxylic acids is 1. The fraction of sp³-hybridized carbons (Fsp3) is 0.421. The third-order valence-corrected chi connectivity index (χ3v) is 4.87. The van der Waals surface area contributed by atoms with Crippen LogP contribution in [0.1, 0.15) is 37.0 Å². The highest BCUT2D eigenvalue weighted by molar-refractivity contribution is 7.09. The molecular weight excluding hydrogens is 352 g/mol. The van der Waals surface area contributed by atoms with Gasteiger partial charge in [0.2, 0.25) is 5.91 Å². The highest BCUT2D eigenvalue weighted by Gasteiger charge is 2.18. The minimum Gasteiger partial charge on any atom is -0.482 e. The number of thiazole rings is 1. The van der Waals surface area contributed by atoms with Gasteiger partial charge in [0.05, 0.1) is 17.1 Å². The zero-order valence-electron chi connectivity index (χ0n) is 15.2. The first-order chi connectivity index (χ1) is 12.2. The van der Waals surface area contributed by atoms with E-state index in [9.17, 15) is 9.59 Å². The number of aromatic nitrogens is 1. The number of rotatable bonds is 8. The Balaban J connectivity index is 1.74. The van der Waals surface area contributed by atoms with E-state index in [0.29, 0.717) is 18.7 Å². The number of ether oxygens (including phenoxy) is 1.